The summed E-state index contributed by atoms with van der Waals surface area (Å²) in [6.45, 7) is 1.81. The number of carbonyl (C=O) groups excluding carboxylic acids is 4. The van der Waals surface area contributed by atoms with Gasteiger partial charge in [0.15, 0.2) is 0 Å². The number of esters is 1. The predicted molar refractivity (Wildman–Crippen MR) is 152 cm³/mol. The van der Waals surface area contributed by atoms with Crippen LogP contribution in [0.3, 0.4) is 0 Å². The van der Waals surface area contributed by atoms with Crippen LogP contribution in [0.2, 0.25) is 0 Å². The lowest BCUT2D eigenvalue weighted by Gasteiger charge is -2.18. The topological polar surface area (TPSA) is 84.0 Å². The fourth-order valence-electron chi connectivity index (χ4n) is 4.45. The molecule has 38 heavy (non-hydrogen) atoms. The van der Waals surface area contributed by atoms with E-state index >= 15 is 0 Å². The molecule has 0 bridgehead atoms. The van der Waals surface area contributed by atoms with Crippen LogP contribution in [0, 0.1) is 18.7 Å². The van der Waals surface area contributed by atoms with Gasteiger partial charge in [-0.05, 0) is 119 Å². The van der Waals surface area contributed by atoms with Gasteiger partial charge in [-0.15, -0.1) is 0 Å². The van der Waals surface area contributed by atoms with Gasteiger partial charge in [0.2, 0.25) is 5.91 Å². The maximum Gasteiger partial charge on any atom is 0.316 e. The number of halogens is 5. The van der Waals surface area contributed by atoms with Crippen molar-refractivity contribution in [2.75, 3.05) is 16.3 Å². The van der Waals surface area contributed by atoms with Crippen LogP contribution in [0.15, 0.2) is 60.4 Å². The molecule has 1 saturated heterocycles. The molecule has 0 spiro atoms. The summed E-state index contributed by atoms with van der Waals surface area (Å²) in [5, 5.41) is 0. The highest BCUT2D eigenvalue weighted by atomic mass is 79.9. The molecule has 7 nitrogen and oxygen atoms in total. The molecule has 0 aliphatic carbocycles. The average Bonchev–Trinajstić information content (AvgIpc) is 3.39. The molecule has 12 heteroatoms. The third kappa shape index (κ3) is 4.55. The second kappa shape index (κ2) is 10.3. The maximum absolute atomic E-state index is 13.3. The summed E-state index contributed by atoms with van der Waals surface area (Å²) in [6, 6.07) is 10.1. The Bertz CT molecular complexity index is 1510. The molecular formula is C26H15Br4FN2O5. The summed E-state index contributed by atoms with van der Waals surface area (Å²) < 4.78 is 20.9. The zero-order valence-corrected chi connectivity index (χ0v) is 25.7. The van der Waals surface area contributed by atoms with E-state index in [1.807, 2.05) is 0 Å². The second-order valence-electron chi connectivity index (χ2n) is 8.70. The van der Waals surface area contributed by atoms with Crippen molar-refractivity contribution in [3.63, 3.8) is 0 Å². The molecule has 2 aliphatic heterocycles. The molecule has 0 N–H and O–H groups in total. The Morgan fingerprint density at radius 3 is 2.03 bits per heavy atom. The molecule has 0 saturated carbocycles. The highest BCUT2D eigenvalue weighted by molar-refractivity contribution is 9.15. The number of amides is 3. The normalized spacial score (nSPS) is 16.9. The summed E-state index contributed by atoms with van der Waals surface area (Å²) in [5.74, 6) is -2.74. The van der Waals surface area contributed by atoms with E-state index < -0.39 is 29.5 Å². The first-order chi connectivity index (χ1) is 18.0. The number of nitrogens with zero attached hydrogens (tertiary/aromatic N) is 2. The maximum atomic E-state index is 13.3. The van der Waals surface area contributed by atoms with Gasteiger partial charge in [0.05, 0.1) is 22.7 Å². The van der Waals surface area contributed by atoms with Crippen LogP contribution in [0.25, 0.3) is 0 Å². The van der Waals surface area contributed by atoms with E-state index in [4.69, 9.17) is 4.74 Å². The Morgan fingerprint density at radius 2 is 1.47 bits per heavy atom. The van der Waals surface area contributed by atoms with E-state index in [0.29, 0.717) is 34.8 Å². The van der Waals surface area contributed by atoms with Crippen LogP contribution >= 0.6 is 63.7 Å². The zero-order valence-electron chi connectivity index (χ0n) is 19.4. The van der Waals surface area contributed by atoms with Gasteiger partial charge in [-0.3, -0.25) is 19.2 Å². The molecule has 2 heterocycles. The van der Waals surface area contributed by atoms with Crippen molar-refractivity contribution >= 4 is 98.8 Å². The van der Waals surface area contributed by atoms with Crippen LogP contribution in [-0.4, -0.2) is 30.2 Å². The molecule has 3 aromatic rings. The van der Waals surface area contributed by atoms with Crippen molar-refractivity contribution in [1.82, 2.24) is 0 Å². The Morgan fingerprint density at radius 1 is 0.895 bits per heavy atom. The standard InChI is InChI=1S/C26H15Br4FN2O5/c1-11-8-15(38-26(37)12-9-17(34)32(10-12)14-4-2-13(31)3-5-14)6-7-16(11)33-24(35)18-19(25(33)36)21(28)23(30)22(29)20(18)27/h2-8,12H,9-10H2,1H3/t12-/m1/s1. The lowest BCUT2D eigenvalue weighted by Crippen LogP contribution is -2.30. The fraction of sp³-hybridized carbons (Fsp3) is 0.154. The molecule has 0 unspecified atom stereocenters. The number of aryl methyl sites for hydroxylation is 1. The summed E-state index contributed by atoms with van der Waals surface area (Å²) in [4.78, 5) is 54.4. The third-order valence-corrected chi connectivity index (χ3v) is 11.1. The smallest absolute Gasteiger partial charge is 0.316 e. The van der Waals surface area contributed by atoms with Crippen molar-refractivity contribution in [3.05, 3.63) is 82.9 Å². The van der Waals surface area contributed by atoms with Gasteiger partial charge in [-0.2, -0.15) is 0 Å². The number of imide groups is 1. The number of benzene rings is 3. The van der Waals surface area contributed by atoms with E-state index in [-0.39, 0.29) is 35.7 Å². The fourth-order valence-corrected chi connectivity index (χ4v) is 6.90. The Balaban J connectivity index is 1.35. The molecule has 2 aliphatic rings. The third-order valence-electron chi connectivity index (χ3n) is 6.33. The first-order valence-electron chi connectivity index (χ1n) is 11.1. The minimum absolute atomic E-state index is 0.0306. The number of hydrogen-bond donors (Lipinski definition) is 0. The van der Waals surface area contributed by atoms with Gasteiger partial charge >= 0.3 is 5.97 Å². The molecule has 0 radical (unpaired) electrons. The summed E-state index contributed by atoms with van der Waals surface area (Å²) >= 11 is 13.6. The Labute approximate surface area is 249 Å². The molecule has 3 aromatic carbocycles. The van der Waals surface area contributed by atoms with Crippen LogP contribution in [0.5, 0.6) is 5.75 Å². The zero-order chi connectivity index (χ0) is 27.5. The molecular weight excluding hydrogens is 759 g/mol. The van der Waals surface area contributed by atoms with Gasteiger partial charge in [0.25, 0.3) is 11.8 Å². The van der Waals surface area contributed by atoms with Crippen LogP contribution in [-0.2, 0) is 9.59 Å². The van der Waals surface area contributed by atoms with Gasteiger partial charge in [-0.1, -0.05) is 0 Å². The van der Waals surface area contributed by atoms with E-state index in [2.05, 4.69) is 63.7 Å². The van der Waals surface area contributed by atoms with Gasteiger partial charge in [-0.25, -0.2) is 9.29 Å². The lowest BCUT2D eigenvalue weighted by molar-refractivity contribution is -0.139. The number of ether oxygens (including phenoxy) is 1. The number of rotatable bonds is 4. The van der Waals surface area contributed by atoms with E-state index in [1.54, 1.807) is 13.0 Å². The van der Waals surface area contributed by atoms with Crippen LogP contribution < -0.4 is 14.5 Å². The van der Waals surface area contributed by atoms with Crippen molar-refractivity contribution in [3.8, 4) is 5.75 Å². The number of hydrogen-bond acceptors (Lipinski definition) is 5. The molecule has 194 valence electrons. The second-order valence-corrected chi connectivity index (χ2v) is 11.9. The highest BCUT2D eigenvalue weighted by Gasteiger charge is 2.42. The van der Waals surface area contributed by atoms with Crippen LogP contribution in [0.4, 0.5) is 15.8 Å². The largest absolute Gasteiger partial charge is 0.426 e. The molecule has 0 aromatic heterocycles. The summed E-state index contributed by atoms with van der Waals surface area (Å²) in [7, 11) is 0. The number of fused-ring (bicyclic) bond motifs is 1. The number of anilines is 2. The van der Waals surface area contributed by atoms with E-state index in [1.165, 1.54) is 41.3 Å². The van der Waals surface area contributed by atoms with Crippen molar-refractivity contribution in [2.24, 2.45) is 5.92 Å². The predicted octanol–water partition coefficient (Wildman–Crippen LogP) is 6.94. The van der Waals surface area contributed by atoms with Crippen molar-refractivity contribution in [1.29, 1.82) is 0 Å². The average molecular weight is 774 g/mol. The monoisotopic (exact) mass is 770 g/mol. The Hall–Kier alpha value is -2.41. The lowest BCUT2D eigenvalue weighted by atomic mass is 10.1. The minimum Gasteiger partial charge on any atom is -0.426 e. The van der Waals surface area contributed by atoms with Crippen molar-refractivity contribution in [2.45, 2.75) is 13.3 Å². The molecule has 1 atom stereocenters. The van der Waals surface area contributed by atoms with Gasteiger partial charge in [0.1, 0.15) is 11.6 Å². The molecule has 3 amide bonds. The van der Waals surface area contributed by atoms with Gasteiger partial charge < -0.3 is 9.64 Å². The van der Waals surface area contributed by atoms with E-state index in [0.717, 1.165) is 4.90 Å². The number of carbonyl (C=O) groups is 4. The van der Waals surface area contributed by atoms with Crippen molar-refractivity contribution < 1.29 is 28.3 Å². The van der Waals surface area contributed by atoms with Crippen LogP contribution in [0.1, 0.15) is 32.7 Å². The first kappa shape index (κ1) is 27.2. The Kier molecular flexibility index (Phi) is 7.36. The summed E-state index contributed by atoms with van der Waals surface area (Å²) in [6.07, 6.45) is -0.0306. The van der Waals surface area contributed by atoms with E-state index in [9.17, 15) is 23.6 Å². The van der Waals surface area contributed by atoms with Gasteiger partial charge in [0, 0.05) is 36.5 Å². The highest BCUT2D eigenvalue weighted by Crippen LogP contribution is 2.46. The molecule has 1 fully saturated rings. The molecule has 5 rings (SSSR count). The quantitative estimate of drug-likeness (QED) is 0.0944. The first-order valence-corrected chi connectivity index (χ1v) is 14.3. The summed E-state index contributed by atoms with van der Waals surface area (Å²) in [5.41, 5.74) is 1.84. The minimum atomic E-state index is -0.699. The SMILES string of the molecule is Cc1cc(OC(=O)[C@@H]2CC(=O)N(c3ccc(F)cc3)C2)ccc1N1C(=O)c2c(Br)c(Br)c(Br)c(Br)c2C1=O.